The zero-order chi connectivity index (χ0) is 14.4. The van der Waals surface area contributed by atoms with Crippen molar-refractivity contribution >= 4 is 17.3 Å². The van der Waals surface area contributed by atoms with Gasteiger partial charge in [0.15, 0.2) is 0 Å². The van der Waals surface area contributed by atoms with Gasteiger partial charge in [0.2, 0.25) is 5.91 Å². The maximum absolute atomic E-state index is 12.0. The summed E-state index contributed by atoms with van der Waals surface area (Å²) in [5.74, 6) is 0.0305. The lowest BCUT2D eigenvalue weighted by molar-refractivity contribution is -0.122. The van der Waals surface area contributed by atoms with E-state index in [-0.39, 0.29) is 18.0 Å². The van der Waals surface area contributed by atoms with Gasteiger partial charge >= 0.3 is 0 Å². The Morgan fingerprint density at radius 1 is 1.26 bits per heavy atom. The predicted molar refractivity (Wildman–Crippen MR) is 81.7 cm³/mol. The highest BCUT2D eigenvalue weighted by Crippen LogP contribution is 2.24. The molecule has 0 bridgehead atoms. The van der Waals surface area contributed by atoms with E-state index in [1.807, 2.05) is 57.1 Å². The summed E-state index contributed by atoms with van der Waals surface area (Å²) in [6, 6.07) is 7.93. The van der Waals surface area contributed by atoms with E-state index in [1.165, 1.54) is 0 Å². The van der Waals surface area contributed by atoms with Gasteiger partial charge in [-0.05, 0) is 32.4 Å². The van der Waals surface area contributed by atoms with Gasteiger partial charge in [0, 0.05) is 20.1 Å². The largest absolute Gasteiger partial charge is 0.376 e. The number of rotatable bonds is 6. The SMILES string of the molecule is CCC(C)NC(=O)C(C)Nc1ccccc1N(C)C. The van der Waals surface area contributed by atoms with Gasteiger partial charge in [0.25, 0.3) is 0 Å². The molecule has 0 radical (unpaired) electrons. The average Bonchev–Trinajstić information content (AvgIpc) is 2.38. The average molecular weight is 263 g/mol. The van der Waals surface area contributed by atoms with Crippen LogP contribution in [-0.2, 0) is 4.79 Å². The highest BCUT2D eigenvalue weighted by molar-refractivity contribution is 5.86. The summed E-state index contributed by atoms with van der Waals surface area (Å²) < 4.78 is 0. The minimum Gasteiger partial charge on any atom is -0.376 e. The second-order valence-corrected chi connectivity index (χ2v) is 5.10. The number of benzene rings is 1. The maximum Gasteiger partial charge on any atom is 0.242 e. The van der Waals surface area contributed by atoms with E-state index in [2.05, 4.69) is 17.6 Å². The van der Waals surface area contributed by atoms with Crippen molar-refractivity contribution in [1.29, 1.82) is 0 Å². The first-order valence-electron chi connectivity index (χ1n) is 6.79. The molecule has 19 heavy (non-hydrogen) atoms. The second-order valence-electron chi connectivity index (χ2n) is 5.10. The molecule has 2 atom stereocenters. The number of nitrogens with zero attached hydrogens (tertiary/aromatic N) is 1. The van der Waals surface area contributed by atoms with E-state index in [4.69, 9.17) is 0 Å². The van der Waals surface area contributed by atoms with Crippen molar-refractivity contribution in [3.8, 4) is 0 Å². The number of anilines is 2. The summed E-state index contributed by atoms with van der Waals surface area (Å²) in [6.07, 6.45) is 0.937. The molecule has 4 nitrogen and oxygen atoms in total. The van der Waals surface area contributed by atoms with Crippen LogP contribution in [0.1, 0.15) is 27.2 Å². The molecule has 2 unspecified atom stereocenters. The van der Waals surface area contributed by atoms with E-state index < -0.39 is 0 Å². The van der Waals surface area contributed by atoms with E-state index in [0.717, 1.165) is 17.8 Å². The minimum atomic E-state index is -0.255. The normalized spacial score (nSPS) is 13.5. The second kappa shape index (κ2) is 7.02. The predicted octanol–water partition coefficient (Wildman–Crippen LogP) is 2.47. The number of carbonyl (C=O) groups is 1. The van der Waals surface area contributed by atoms with Crippen molar-refractivity contribution in [2.24, 2.45) is 0 Å². The Kier molecular flexibility index (Phi) is 5.67. The number of hydrogen-bond acceptors (Lipinski definition) is 3. The molecule has 0 aromatic heterocycles. The van der Waals surface area contributed by atoms with E-state index in [0.29, 0.717) is 0 Å². The van der Waals surface area contributed by atoms with Crippen molar-refractivity contribution < 1.29 is 4.79 Å². The molecular formula is C15H25N3O. The summed E-state index contributed by atoms with van der Waals surface area (Å²) in [4.78, 5) is 14.0. The Labute approximate surface area is 116 Å². The van der Waals surface area contributed by atoms with Crippen LogP contribution >= 0.6 is 0 Å². The van der Waals surface area contributed by atoms with E-state index in [1.54, 1.807) is 0 Å². The number of hydrogen-bond donors (Lipinski definition) is 2. The Balaban J connectivity index is 2.71. The van der Waals surface area contributed by atoms with Gasteiger partial charge in [-0.1, -0.05) is 19.1 Å². The molecule has 0 spiro atoms. The molecular weight excluding hydrogens is 238 g/mol. The standard InChI is InChI=1S/C15H25N3O/c1-6-11(2)16-15(19)12(3)17-13-9-7-8-10-14(13)18(4)5/h7-12,17H,6H2,1-5H3,(H,16,19). The number of para-hydroxylation sites is 2. The molecule has 0 saturated heterocycles. The first kappa shape index (κ1) is 15.3. The Morgan fingerprint density at radius 3 is 2.47 bits per heavy atom. The first-order valence-corrected chi connectivity index (χ1v) is 6.79. The van der Waals surface area contributed by atoms with Crippen LogP contribution in [0.5, 0.6) is 0 Å². The molecule has 0 saturated carbocycles. The Bertz CT molecular complexity index is 418. The highest BCUT2D eigenvalue weighted by Gasteiger charge is 2.15. The van der Waals surface area contributed by atoms with Gasteiger partial charge in [-0.2, -0.15) is 0 Å². The zero-order valence-electron chi connectivity index (χ0n) is 12.5. The van der Waals surface area contributed by atoms with Crippen LogP contribution in [-0.4, -0.2) is 32.1 Å². The summed E-state index contributed by atoms with van der Waals surface area (Å²) >= 11 is 0. The van der Waals surface area contributed by atoms with Crippen molar-refractivity contribution in [3.63, 3.8) is 0 Å². The van der Waals surface area contributed by atoms with Crippen LogP contribution < -0.4 is 15.5 Å². The number of carbonyl (C=O) groups excluding carboxylic acids is 1. The quantitative estimate of drug-likeness (QED) is 0.828. The van der Waals surface area contributed by atoms with Crippen LogP contribution in [0.15, 0.2) is 24.3 Å². The van der Waals surface area contributed by atoms with Crippen LogP contribution in [0, 0.1) is 0 Å². The molecule has 1 rings (SSSR count). The van der Waals surface area contributed by atoms with Crippen molar-refractivity contribution in [2.75, 3.05) is 24.3 Å². The van der Waals surface area contributed by atoms with Crippen molar-refractivity contribution in [1.82, 2.24) is 5.32 Å². The summed E-state index contributed by atoms with van der Waals surface area (Å²) in [5.41, 5.74) is 2.05. The lowest BCUT2D eigenvalue weighted by Gasteiger charge is -2.22. The van der Waals surface area contributed by atoms with Crippen LogP contribution in [0.2, 0.25) is 0 Å². The van der Waals surface area contributed by atoms with E-state index in [9.17, 15) is 4.79 Å². The van der Waals surface area contributed by atoms with Gasteiger partial charge in [-0.15, -0.1) is 0 Å². The summed E-state index contributed by atoms with van der Waals surface area (Å²) in [5, 5.41) is 6.25. The smallest absolute Gasteiger partial charge is 0.242 e. The molecule has 0 aliphatic carbocycles. The van der Waals surface area contributed by atoms with Crippen LogP contribution in [0.4, 0.5) is 11.4 Å². The Morgan fingerprint density at radius 2 is 1.89 bits per heavy atom. The molecule has 0 fully saturated rings. The topological polar surface area (TPSA) is 44.4 Å². The summed E-state index contributed by atoms with van der Waals surface area (Å²) in [6.45, 7) is 5.95. The van der Waals surface area contributed by atoms with Gasteiger partial charge in [-0.25, -0.2) is 0 Å². The molecule has 1 amide bonds. The lowest BCUT2D eigenvalue weighted by Crippen LogP contribution is -2.42. The van der Waals surface area contributed by atoms with E-state index >= 15 is 0 Å². The Hall–Kier alpha value is -1.71. The fourth-order valence-corrected chi connectivity index (χ4v) is 1.75. The fourth-order valence-electron chi connectivity index (χ4n) is 1.75. The van der Waals surface area contributed by atoms with Gasteiger partial charge in [0.1, 0.15) is 6.04 Å². The molecule has 106 valence electrons. The monoisotopic (exact) mass is 263 g/mol. The van der Waals surface area contributed by atoms with Gasteiger partial charge in [0.05, 0.1) is 11.4 Å². The molecule has 4 heteroatoms. The van der Waals surface area contributed by atoms with Crippen molar-refractivity contribution in [2.45, 2.75) is 39.3 Å². The first-order chi connectivity index (χ1) is 8.95. The molecule has 0 aliphatic heterocycles. The molecule has 1 aromatic rings. The third-order valence-electron chi connectivity index (χ3n) is 3.15. The van der Waals surface area contributed by atoms with Crippen LogP contribution in [0.3, 0.4) is 0 Å². The molecule has 0 aliphatic rings. The van der Waals surface area contributed by atoms with Gasteiger partial charge < -0.3 is 15.5 Å². The minimum absolute atomic E-state index is 0.0305. The lowest BCUT2D eigenvalue weighted by atomic mass is 10.2. The fraction of sp³-hybridized carbons (Fsp3) is 0.533. The molecule has 2 N–H and O–H groups in total. The summed E-state index contributed by atoms with van der Waals surface area (Å²) in [7, 11) is 3.98. The zero-order valence-corrected chi connectivity index (χ0v) is 12.5. The number of amides is 1. The third kappa shape index (κ3) is 4.47. The third-order valence-corrected chi connectivity index (χ3v) is 3.15. The maximum atomic E-state index is 12.0. The molecule has 0 heterocycles. The van der Waals surface area contributed by atoms with Crippen LogP contribution in [0.25, 0.3) is 0 Å². The van der Waals surface area contributed by atoms with Crippen molar-refractivity contribution in [3.05, 3.63) is 24.3 Å². The number of nitrogens with one attached hydrogen (secondary N) is 2. The van der Waals surface area contributed by atoms with Gasteiger partial charge in [-0.3, -0.25) is 4.79 Å². The molecule has 1 aromatic carbocycles. The highest BCUT2D eigenvalue weighted by atomic mass is 16.2.